The molecular weight excluding hydrogens is 500 g/mol. The third kappa shape index (κ3) is 10.2. The van der Waals surface area contributed by atoms with Gasteiger partial charge in [-0.15, -0.1) is 24.0 Å². The van der Waals surface area contributed by atoms with Gasteiger partial charge in [0.2, 0.25) is 5.88 Å². The Labute approximate surface area is 184 Å². The highest BCUT2D eigenvalue weighted by Crippen LogP contribution is 2.19. The molecule has 1 aromatic carbocycles. The van der Waals surface area contributed by atoms with Crippen LogP contribution in [0.25, 0.3) is 0 Å². The molecule has 0 aliphatic carbocycles. The Balaban J connectivity index is 0.00000420. The molecule has 2 rings (SSSR count). The SMILES string of the molecule is CN=C(NCCCOc1ccccc1)NCc1cccnc1OCC(F)(F)F.I. The second-order valence-corrected chi connectivity index (χ2v) is 5.74. The minimum atomic E-state index is -4.42. The number of halogens is 4. The summed E-state index contributed by atoms with van der Waals surface area (Å²) in [5.41, 5.74) is 0.502. The molecule has 6 nitrogen and oxygen atoms in total. The molecule has 29 heavy (non-hydrogen) atoms. The van der Waals surface area contributed by atoms with Crippen molar-refractivity contribution in [2.24, 2.45) is 4.99 Å². The van der Waals surface area contributed by atoms with Crippen LogP contribution in [-0.4, -0.2) is 43.9 Å². The first kappa shape index (κ1) is 24.8. The van der Waals surface area contributed by atoms with Crippen LogP contribution in [0.15, 0.2) is 53.7 Å². The fourth-order valence-electron chi connectivity index (χ4n) is 2.22. The summed E-state index contributed by atoms with van der Waals surface area (Å²) < 4.78 is 47.4. The molecule has 0 unspecified atom stereocenters. The van der Waals surface area contributed by atoms with Gasteiger partial charge in [-0.1, -0.05) is 24.3 Å². The van der Waals surface area contributed by atoms with Gasteiger partial charge in [0, 0.05) is 31.9 Å². The molecule has 0 aliphatic rings. The Morgan fingerprint density at radius 1 is 1.07 bits per heavy atom. The molecule has 0 saturated heterocycles. The van der Waals surface area contributed by atoms with Crippen molar-refractivity contribution in [2.45, 2.75) is 19.1 Å². The second kappa shape index (κ2) is 13.1. The monoisotopic (exact) mass is 524 g/mol. The van der Waals surface area contributed by atoms with E-state index in [1.807, 2.05) is 30.3 Å². The Kier molecular flexibility index (Phi) is 11.2. The average molecular weight is 524 g/mol. The topological polar surface area (TPSA) is 67.8 Å². The van der Waals surface area contributed by atoms with E-state index in [2.05, 4.69) is 20.6 Å². The molecule has 0 bridgehead atoms. The van der Waals surface area contributed by atoms with Gasteiger partial charge >= 0.3 is 6.18 Å². The van der Waals surface area contributed by atoms with Crippen LogP contribution in [0, 0.1) is 0 Å². The van der Waals surface area contributed by atoms with E-state index in [1.54, 1.807) is 19.2 Å². The third-order valence-electron chi connectivity index (χ3n) is 3.52. The summed E-state index contributed by atoms with van der Waals surface area (Å²) in [6, 6.07) is 12.8. The summed E-state index contributed by atoms with van der Waals surface area (Å²) in [4.78, 5) is 7.95. The Bertz CT molecular complexity index is 746. The number of nitrogens with zero attached hydrogens (tertiary/aromatic N) is 2. The standard InChI is InChI=1S/C19H23F3N4O2.HI/c1-23-18(25-11-6-12-27-16-8-3-2-4-9-16)26-13-15-7-5-10-24-17(15)28-14-19(20,21)22;/h2-5,7-10H,6,11-14H2,1H3,(H2,23,25,26);1H. The third-order valence-corrected chi connectivity index (χ3v) is 3.52. The summed E-state index contributed by atoms with van der Waals surface area (Å²) >= 11 is 0. The van der Waals surface area contributed by atoms with Crippen LogP contribution in [0.2, 0.25) is 0 Å². The maximum Gasteiger partial charge on any atom is 0.422 e. The number of rotatable bonds is 9. The van der Waals surface area contributed by atoms with Gasteiger partial charge in [-0.05, 0) is 24.6 Å². The van der Waals surface area contributed by atoms with Crippen molar-refractivity contribution in [3.05, 3.63) is 54.2 Å². The van der Waals surface area contributed by atoms with E-state index >= 15 is 0 Å². The fraction of sp³-hybridized carbons (Fsp3) is 0.368. The minimum absolute atomic E-state index is 0. The molecule has 160 valence electrons. The van der Waals surface area contributed by atoms with Crippen LogP contribution in [0.1, 0.15) is 12.0 Å². The Morgan fingerprint density at radius 3 is 2.52 bits per heavy atom. The molecule has 2 aromatic rings. The number of benzene rings is 1. The first-order valence-corrected chi connectivity index (χ1v) is 8.74. The summed E-state index contributed by atoms with van der Waals surface area (Å²) in [6.45, 7) is 0.00957. The molecule has 10 heteroatoms. The minimum Gasteiger partial charge on any atom is -0.494 e. The largest absolute Gasteiger partial charge is 0.494 e. The van der Waals surface area contributed by atoms with Gasteiger partial charge in [-0.25, -0.2) is 4.98 Å². The van der Waals surface area contributed by atoms with E-state index in [0.717, 1.165) is 12.2 Å². The normalized spacial score (nSPS) is 11.4. The van der Waals surface area contributed by atoms with Crippen molar-refractivity contribution in [3.63, 3.8) is 0 Å². The van der Waals surface area contributed by atoms with Gasteiger partial charge in [0.1, 0.15) is 5.75 Å². The van der Waals surface area contributed by atoms with E-state index in [4.69, 9.17) is 9.47 Å². The number of hydrogen-bond donors (Lipinski definition) is 2. The molecule has 1 heterocycles. The summed E-state index contributed by atoms with van der Waals surface area (Å²) in [5, 5.41) is 6.15. The molecule has 0 saturated carbocycles. The number of ether oxygens (including phenoxy) is 2. The van der Waals surface area contributed by atoms with Crippen molar-refractivity contribution in [3.8, 4) is 11.6 Å². The smallest absolute Gasteiger partial charge is 0.422 e. The Hall–Kier alpha value is -2.24. The maximum atomic E-state index is 12.3. The molecule has 0 radical (unpaired) electrons. The van der Waals surface area contributed by atoms with Gasteiger partial charge in [0.15, 0.2) is 12.6 Å². The lowest BCUT2D eigenvalue weighted by Gasteiger charge is -2.15. The second-order valence-electron chi connectivity index (χ2n) is 5.74. The predicted octanol–water partition coefficient (Wildman–Crippen LogP) is 3.77. The van der Waals surface area contributed by atoms with Crippen molar-refractivity contribution < 1.29 is 22.6 Å². The maximum absolute atomic E-state index is 12.3. The highest BCUT2D eigenvalue weighted by Gasteiger charge is 2.29. The van der Waals surface area contributed by atoms with Crippen LogP contribution in [0.5, 0.6) is 11.6 Å². The van der Waals surface area contributed by atoms with Crippen molar-refractivity contribution in [1.29, 1.82) is 0 Å². The molecule has 1 aromatic heterocycles. The van der Waals surface area contributed by atoms with E-state index in [1.165, 1.54) is 6.20 Å². The number of aromatic nitrogens is 1. The lowest BCUT2D eigenvalue weighted by atomic mass is 10.2. The summed E-state index contributed by atoms with van der Waals surface area (Å²) in [5.74, 6) is 1.28. The summed E-state index contributed by atoms with van der Waals surface area (Å²) in [7, 11) is 1.61. The van der Waals surface area contributed by atoms with E-state index in [0.29, 0.717) is 24.7 Å². The van der Waals surface area contributed by atoms with Gasteiger partial charge in [0.05, 0.1) is 6.61 Å². The zero-order valence-corrected chi connectivity index (χ0v) is 18.2. The number of nitrogens with one attached hydrogen (secondary N) is 2. The molecule has 0 amide bonds. The van der Waals surface area contributed by atoms with Crippen LogP contribution in [0.3, 0.4) is 0 Å². The average Bonchev–Trinajstić information content (AvgIpc) is 2.69. The van der Waals surface area contributed by atoms with Gasteiger partial charge < -0.3 is 20.1 Å². The van der Waals surface area contributed by atoms with Crippen molar-refractivity contribution in [2.75, 3.05) is 26.8 Å². The molecule has 0 fully saturated rings. The van der Waals surface area contributed by atoms with Crippen LogP contribution < -0.4 is 20.1 Å². The molecule has 2 N–H and O–H groups in total. The van der Waals surface area contributed by atoms with Crippen molar-refractivity contribution in [1.82, 2.24) is 15.6 Å². The lowest BCUT2D eigenvalue weighted by molar-refractivity contribution is -0.154. The van der Waals surface area contributed by atoms with E-state index in [9.17, 15) is 13.2 Å². The highest BCUT2D eigenvalue weighted by atomic mass is 127. The number of pyridine rings is 1. The number of aliphatic imine (C=N–C) groups is 1. The number of hydrogen-bond acceptors (Lipinski definition) is 4. The summed E-state index contributed by atoms with van der Waals surface area (Å²) in [6.07, 6.45) is -2.28. The molecule has 0 aliphatic heterocycles. The van der Waals surface area contributed by atoms with E-state index < -0.39 is 12.8 Å². The van der Waals surface area contributed by atoms with Crippen LogP contribution in [0.4, 0.5) is 13.2 Å². The van der Waals surface area contributed by atoms with Crippen molar-refractivity contribution >= 4 is 29.9 Å². The van der Waals surface area contributed by atoms with Crippen LogP contribution >= 0.6 is 24.0 Å². The quantitative estimate of drug-likeness (QED) is 0.226. The van der Waals surface area contributed by atoms with E-state index in [-0.39, 0.29) is 36.4 Å². The number of guanidine groups is 1. The highest BCUT2D eigenvalue weighted by molar-refractivity contribution is 14.0. The predicted molar refractivity (Wildman–Crippen MR) is 116 cm³/mol. The zero-order valence-electron chi connectivity index (χ0n) is 15.9. The first-order valence-electron chi connectivity index (χ1n) is 8.74. The number of para-hydroxylation sites is 1. The zero-order chi connectivity index (χ0) is 20.2. The van der Waals surface area contributed by atoms with Gasteiger partial charge in [-0.2, -0.15) is 13.2 Å². The molecule has 0 spiro atoms. The van der Waals surface area contributed by atoms with Gasteiger partial charge in [-0.3, -0.25) is 4.99 Å². The Morgan fingerprint density at radius 2 is 1.83 bits per heavy atom. The van der Waals surface area contributed by atoms with Gasteiger partial charge in [0.25, 0.3) is 0 Å². The van der Waals surface area contributed by atoms with Crippen LogP contribution in [-0.2, 0) is 6.54 Å². The fourth-order valence-corrected chi connectivity index (χ4v) is 2.22. The molecule has 0 atom stereocenters. The number of alkyl halides is 3. The first-order chi connectivity index (χ1) is 13.5. The molecular formula is C19H24F3IN4O2. The lowest BCUT2D eigenvalue weighted by Crippen LogP contribution is -2.37.